The number of hydrogen-bond acceptors (Lipinski definition) is 5. The summed E-state index contributed by atoms with van der Waals surface area (Å²) in [7, 11) is 0. The first-order valence-electron chi connectivity index (χ1n) is 5.65. The van der Waals surface area contributed by atoms with E-state index >= 15 is 0 Å². The fourth-order valence-corrected chi connectivity index (χ4v) is 1.24. The average molecular weight is 321 g/mol. The Hall–Kier alpha value is -2.83. The van der Waals surface area contributed by atoms with Crippen LogP contribution in [-0.2, 0) is 9.53 Å². The number of hydrazine groups is 1. The smallest absolute Gasteiger partial charge is 0.350 e. The highest BCUT2D eigenvalue weighted by atomic mass is 19.2. The summed E-state index contributed by atoms with van der Waals surface area (Å²) in [5.74, 6) is -11.8. The lowest BCUT2D eigenvalue weighted by atomic mass is 10.2. The Kier molecular flexibility index (Phi) is 5.68. The molecule has 0 aliphatic rings. The molecule has 0 bridgehead atoms. The number of hydrogen-bond donors (Lipinski definition) is 2. The molecule has 1 rings (SSSR count). The van der Waals surface area contributed by atoms with E-state index in [9.17, 15) is 26.7 Å². The average Bonchev–Trinajstić information content (AvgIpc) is 2.50. The van der Waals surface area contributed by atoms with Crippen LogP contribution in [0.1, 0.15) is 6.92 Å². The molecular formula is C12H8F5N3O2. The van der Waals surface area contributed by atoms with Gasteiger partial charge in [0.1, 0.15) is 11.8 Å². The molecule has 1 aromatic carbocycles. The van der Waals surface area contributed by atoms with Crippen LogP contribution < -0.4 is 10.9 Å². The Labute approximate surface area is 120 Å². The maximum atomic E-state index is 13.3. The molecule has 0 atom stereocenters. The lowest BCUT2D eigenvalue weighted by Crippen LogP contribution is -2.21. The molecule has 0 heterocycles. The van der Waals surface area contributed by atoms with Crippen molar-refractivity contribution < 1.29 is 31.5 Å². The SMILES string of the molecule is CCOC(=O)/C(C#N)=C/NNc1c(F)c(F)c(F)c(F)c1F. The zero-order chi connectivity index (χ0) is 16.9. The van der Waals surface area contributed by atoms with E-state index in [1.54, 1.807) is 5.43 Å². The van der Waals surface area contributed by atoms with Gasteiger partial charge >= 0.3 is 5.97 Å². The minimum Gasteiger partial charge on any atom is -0.462 e. The molecule has 0 radical (unpaired) electrons. The monoisotopic (exact) mass is 321 g/mol. The predicted octanol–water partition coefficient (Wildman–Crippen LogP) is 2.27. The first-order chi connectivity index (χ1) is 10.3. The van der Waals surface area contributed by atoms with E-state index in [4.69, 9.17) is 5.26 Å². The highest BCUT2D eigenvalue weighted by molar-refractivity contribution is 5.92. The van der Waals surface area contributed by atoms with Gasteiger partial charge in [-0.2, -0.15) is 5.26 Å². The third kappa shape index (κ3) is 3.43. The molecule has 0 aromatic heterocycles. The number of nitriles is 1. The summed E-state index contributed by atoms with van der Waals surface area (Å²) in [5.41, 5.74) is 1.59. The predicted molar refractivity (Wildman–Crippen MR) is 63.3 cm³/mol. The van der Waals surface area contributed by atoms with Crippen LogP contribution in [0.5, 0.6) is 0 Å². The Morgan fingerprint density at radius 1 is 1.14 bits per heavy atom. The first-order valence-corrected chi connectivity index (χ1v) is 5.65. The van der Waals surface area contributed by atoms with E-state index in [2.05, 4.69) is 4.74 Å². The van der Waals surface area contributed by atoms with E-state index in [0.29, 0.717) is 6.20 Å². The van der Waals surface area contributed by atoms with Crippen LogP contribution in [0.2, 0.25) is 0 Å². The lowest BCUT2D eigenvalue weighted by molar-refractivity contribution is -0.138. The van der Waals surface area contributed by atoms with Gasteiger partial charge in [-0.15, -0.1) is 0 Å². The van der Waals surface area contributed by atoms with Gasteiger partial charge in [0.15, 0.2) is 28.8 Å². The van der Waals surface area contributed by atoms with Crippen LogP contribution in [0.3, 0.4) is 0 Å². The molecule has 0 saturated heterocycles. The number of anilines is 1. The molecular weight excluding hydrogens is 313 g/mol. The number of carbonyl (C=O) groups excluding carboxylic acids is 1. The van der Waals surface area contributed by atoms with Crippen molar-refractivity contribution in [3.63, 3.8) is 0 Å². The molecule has 0 aliphatic heterocycles. The third-order valence-electron chi connectivity index (χ3n) is 2.24. The number of ether oxygens (including phenoxy) is 1. The van der Waals surface area contributed by atoms with Crippen molar-refractivity contribution in [3.05, 3.63) is 40.9 Å². The maximum absolute atomic E-state index is 13.3. The number of benzene rings is 1. The number of nitrogens with one attached hydrogen (secondary N) is 2. The van der Waals surface area contributed by atoms with E-state index in [1.165, 1.54) is 13.0 Å². The van der Waals surface area contributed by atoms with Gasteiger partial charge in [-0.25, -0.2) is 26.7 Å². The van der Waals surface area contributed by atoms with Gasteiger partial charge in [-0.3, -0.25) is 5.43 Å². The van der Waals surface area contributed by atoms with Crippen molar-refractivity contribution in [2.24, 2.45) is 0 Å². The fraction of sp³-hybridized carbons (Fsp3) is 0.167. The standard InChI is InChI=1S/C12H8F5N3O2/c1-2-22-12(21)5(3-18)4-19-20-11-9(16)7(14)6(13)8(15)10(11)17/h4,19-20H,2H2,1H3/b5-4+. The Morgan fingerprint density at radius 2 is 1.64 bits per heavy atom. The highest BCUT2D eigenvalue weighted by Crippen LogP contribution is 2.26. The fourth-order valence-electron chi connectivity index (χ4n) is 1.24. The van der Waals surface area contributed by atoms with Crippen LogP contribution in [0, 0.1) is 40.4 Å². The summed E-state index contributed by atoms with van der Waals surface area (Å²) in [6.45, 7) is 1.45. The van der Waals surface area contributed by atoms with Gasteiger partial charge in [-0.1, -0.05) is 0 Å². The molecule has 0 unspecified atom stereocenters. The molecule has 0 amide bonds. The highest BCUT2D eigenvalue weighted by Gasteiger charge is 2.25. The van der Waals surface area contributed by atoms with Crippen molar-refractivity contribution >= 4 is 11.7 Å². The molecule has 0 aliphatic carbocycles. The summed E-state index contributed by atoms with van der Waals surface area (Å²) < 4.78 is 69.7. The second kappa shape index (κ2) is 7.26. The quantitative estimate of drug-likeness (QED) is 0.166. The van der Waals surface area contributed by atoms with E-state index < -0.39 is 46.3 Å². The largest absolute Gasteiger partial charge is 0.462 e. The van der Waals surface area contributed by atoms with Gasteiger partial charge in [0.05, 0.1) is 6.61 Å². The van der Waals surface area contributed by atoms with E-state index in [1.807, 2.05) is 5.43 Å². The molecule has 0 fully saturated rings. The number of nitrogens with zero attached hydrogens (tertiary/aromatic N) is 1. The summed E-state index contributed by atoms with van der Waals surface area (Å²) in [5, 5.41) is 8.65. The van der Waals surface area contributed by atoms with Crippen molar-refractivity contribution in [3.8, 4) is 6.07 Å². The third-order valence-corrected chi connectivity index (χ3v) is 2.24. The normalized spacial score (nSPS) is 10.9. The maximum Gasteiger partial charge on any atom is 0.350 e. The van der Waals surface area contributed by atoms with Crippen LogP contribution in [0.15, 0.2) is 11.8 Å². The Balaban J connectivity index is 2.99. The van der Waals surface area contributed by atoms with Crippen LogP contribution in [0.4, 0.5) is 27.6 Å². The molecule has 118 valence electrons. The molecule has 10 heteroatoms. The Bertz CT molecular complexity index is 641. The Morgan fingerprint density at radius 3 is 2.09 bits per heavy atom. The minimum atomic E-state index is -2.31. The zero-order valence-electron chi connectivity index (χ0n) is 10.9. The van der Waals surface area contributed by atoms with Crippen LogP contribution in [0.25, 0.3) is 0 Å². The van der Waals surface area contributed by atoms with Crippen molar-refractivity contribution in [1.29, 1.82) is 5.26 Å². The van der Waals surface area contributed by atoms with Crippen LogP contribution in [-0.4, -0.2) is 12.6 Å². The molecule has 0 saturated carbocycles. The van der Waals surface area contributed by atoms with Gasteiger partial charge in [-0.05, 0) is 6.92 Å². The molecule has 0 spiro atoms. The summed E-state index contributed by atoms with van der Waals surface area (Å²) in [6.07, 6.45) is 0.649. The molecule has 5 nitrogen and oxygen atoms in total. The van der Waals surface area contributed by atoms with Gasteiger partial charge in [0, 0.05) is 6.20 Å². The topological polar surface area (TPSA) is 74.2 Å². The second-order valence-electron chi connectivity index (χ2n) is 3.60. The zero-order valence-corrected chi connectivity index (χ0v) is 10.9. The van der Waals surface area contributed by atoms with Gasteiger partial charge in [0.25, 0.3) is 0 Å². The minimum absolute atomic E-state index is 0.0249. The van der Waals surface area contributed by atoms with Gasteiger partial charge < -0.3 is 10.2 Å². The molecule has 22 heavy (non-hydrogen) atoms. The lowest BCUT2D eigenvalue weighted by Gasteiger charge is -2.10. The number of rotatable bonds is 5. The van der Waals surface area contributed by atoms with Crippen molar-refractivity contribution in [2.75, 3.05) is 12.0 Å². The van der Waals surface area contributed by atoms with Gasteiger partial charge in [0.2, 0.25) is 5.82 Å². The number of carbonyl (C=O) groups is 1. The molecule has 1 aromatic rings. The van der Waals surface area contributed by atoms with Crippen LogP contribution >= 0.6 is 0 Å². The first kappa shape index (κ1) is 17.2. The molecule has 2 N–H and O–H groups in total. The number of esters is 1. The number of halogens is 5. The van der Waals surface area contributed by atoms with E-state index in [0.717, 1.165) is 0 Å². The summed E-state index contributed by atoms with van der Waals surface area (Å²) in [4.78, 5) is 11.2. The van der Waals surface area contributed by atoms with E-state index in [-0.39, 0.29) is 6.61 Å². The van der Waals surface area contributed by atoms with Crippen molar-refractivity contribution in [1.82, 2.24) is 5.43 Å². The summed E-state index contributed by atoms with van der Waals surface area (Å²) in [6, 6.07) is 1.42. The second-order valence-corrected chi connectivity index (χ2v) is 3.60. The summed E-state index contributed by atoms with van der Waals surface area (Å²) >= 11 is 0. The van der Waals surface area contributed by atoms with Crippen molar-refractivity contribution in [2.45, 2.75) is 6.92 Å².